The highest BCUT2D eigenvalue weighted by Crippen LogP contribution is 2.32. The van der Waals surface area contributed by atoms with Crippen LogP contribution in [0.1, 0.15) is 16.7 Å². The summed E-state index contributed by atoms with van der Waals surface area (Å²) in [5.74, 6) is 0. The smallest absolute Gasteiger partial charge is 0.0780 e. The van der Waals surface area contributed by atoms with Gasteiger partial charge in [-0.2, -0.15) is 0 Å². The number of rotatable bonds is 1. The van der Waals surface area contributed by atoms with Crippen molar-refractivity contribution in [3.63, 3.8) is 0 Å². The van der Waals surface area contributed by atoms with E-state index in [0.29, 0.717) is 0 Å². The number of benzene rings is 3. The summed E-state index contributed by atoms with van der Waals surface area (Å²) in [7, 11) is 0. The molecule has 0 radical (unpaired) electrons. The fourth-order valence-electron chi connectivity index (χ4n) is 3.44. The van der Waals surface area contributed by atoms with E-state index in [-0.39, 0.29) is 0 Å². The first kappa shape index (κ1) is 14.0. The third-order valence-electron chi connectivity index (χ3n) is 4.41. The molecule has 0 aliphatic rings. The van der Waals surface area contributed by atoms with E-state index in [0.717, 1.165) is 5.69 Å². The first-order valence-electron chi connectivity index (χ1n) is 7.98. The van der Waals surface area contributed by atoms with Crippen molar-refractivity contribution in [2.24, 2.45) is 0 Å². The third-order valence-corrected chi connectivity index (χ3v) is 4.41. The van der Waals surface area contributed by atoms with Crippen molar-refractivity contribution in [3.05, 3.63) is 77.5 Å². The molecule has 0 bridgehead atoms. The van der Waals surface area contributed by atoms with Crippen LogP contribution in [0.2, 0.25) is 0 Å². The number of aryl methyl sites for hydroxylation is 3. The molecule has 1 nitrogen and oxygen atoms in total. The molecule has 0 saturated carbocycles. The molecule has 0 saturated heterocycles. The van der Waals surface area contributed by atoms with Crippen molar-refractivity contribution >= 4 is 21.5 Å². The molecule has 0 aliphatic heterocycles. The van der Waals surface area contributed by atoms with Crippen LogP contribution in [0.15, 0.2) is 60.8 Å². The average Bonchev–Trinajstić information content (AvgIpc) is 2.53. The molecule has 4 aromatic rings. The molecule has 0 fully saturated rings. The maximum absolute atomic E-state index is 4.69. The van der Waals surface area contributed by atoms with E-state index in [1.807, 2.05) is 6.20 Å². The molecule has 0 aliphatic carbocycles. The van der Waals surface area contributed by atoms with Crippen LogP contribution in [0.25, 0.3) is 32.8 Å². The standard InChI is InChI=1S/C22H19N/c1-14-4-5-17-6-7-20-19(21(17)13-14)8-9-23-22(20)18-11-15(2)10-16(3)12-18/h4-13H,1-3H3. The average molecular weight is 297 g/mol. The summed E-state index contributed by atoms with van der Waals surface area (Å²) in [5.41, 5.74) is 6.10. The molecule has 1 heteroatoms. The second kappa shape index (κ2) is 5.20. The van der Waals surface area contributed by atoms with E-state index < -0.39 is 0 Å². The van der Waals surface area contributed by atoms with Gasteiger partial charge in [-0.05, 0) is 55.1 Å². The fourth-order valence-corrected chi connectivity index (χ4v) is 3.44. The zero-order valence-corrected chi connectivity index (χ0v) is 13.7. The van der Waals surface area contributed by atoms with Crippen molar-refractivity contribution in [2.75, 3.05) is 0 Å². The van der Waals surface area contributed by atoms with Crippen LogP contribution < -0.4 is 0 Å². The topological polar surface area (TPSA) is 12.9 Å². The number of fused-ring (bicyclic) bond motifs is 3. The summed E-state index contributed by atoms with van der Waals surface area (Å²) in [6.45, 7) is 6.42. The van der Waals surface area contributed by atoms with Gasteiger partial charge in [0.25, 0.3) is 0 Å². The third kappa shape index (κ3) is 2.39. The molecule has 0 amide bonds. The van der Waals surface area contributed by atoms with E-state index in [1.165, 1.54) is 43.8 Å². The highest BCUT2D eigenvalue weighted by Gasteiger charge is 2.09. The van der Waals surface area contributed by atoms with E-state index in [1.54, 1.807) is 0 Å². The number of pyridine rings is 1. The van der Waals surface area contributed by atoms with Gasteiger partial charge in [-0.25, -0.2) is 0 Å². The Balaban J connectivity index is 2.08. The summed E-state index contributed by atoms with van der Waals surface area (Å²) in [5, 5.41) is 5.07. The monoisotopic (exact) mass is 297 g/mol. The van der Waals surface area contributed by atoms with E-state index in [2.05, 4.69) is 80.4 Å². The Kier molecular flexibility index (Phi) is 3.16. The molecule has 0 N–H and O–H groups in total. The Morgan fingerprint density at radius 1 is 0.609 bits per heavy atom. The van der Waals surface area contributed by atoms with Gasteiger partial charge in [0, 0.05) is 17.1 Å². The summed E-state index contributed by atoms with van der Waals surface area (Å²) in [6.07, 6.45) is 1.93. The van der Waals surface area contributed by atoms with Gasteiger partial charge in [-0.1, -0.05) is 53.1 Å². The summed E-state index contributed by atoms with van der Waals surface area (Å²) in [4.78, 5) is 4.69. The lowest BCUT2D eigenvalue weighted by molar-refractivity contribution is 1.33. The molecule has 0 atom stereocenters. The summed E-state index contributed by atoms with van der Waals surface area (Å²) in [6, 6.07) is 19.8. The molecular weight excluding hydrogens is 278 g/mol. The van der Waals surface area contributed by atoms with Gasteiger partial charge >= 0.3 is 0 Å². The lowest BCUT2D eigenvalue weighted by Gasteiger charge is -2.10. The lowest BCUT2D eigenvalue weighted by Crippen LogP contribution is -1.89. The largest absolute Gasteiger partial charge is 0.256 e. The highest BCUT2D eigenvalue weighted by atomic mass is 14.7. The Morgan fingerprint density at radius 2 is 1.35 bits per heavy atom. The molecule has 1 heterocycles. The predicted molar refractivity (Wildman–Crippen MR) is 98.9 cm³/mol. The Bertz CT molecular complexity index is 1020. The van der Waals surface area contributed by atoms with Gasteiger partial charge in [0.05, 0.1) is 5.69 Å². The minimum atomic E-state index is 1.07. The molecule has 23 heavy (non-hydrogen) atoms. The van der Waals surface area contributed by atoms with Crippen LogP contribution in [0.5, 0.6) is 0 Å². The normalized spacial score (nSPS) is 11.3. The van der Waals surface area contributed by atoms with Crippen molar-refractivity contribution < 1.29 is 0 Å². The first-order valence-corrected chi connectivity index (χ1v) is 7.98. The Hall–Kier alpha value is -2.67. The number of hydrogen-bond donors (Lipinski definition) is 0. The number of aromatic nitrogens is 1. The second-order valence-corrected chi connectivity index (χ2v) is 6.42. The van der Waals surface area contributed by atoms with Crippen LogP contribution in [0.4, 0.5) is 0 Å². The van der Waals surface area contributed by atoms with Crippen LogP contribution in [-0.4, -0.2) is 4.98 Å². The van der Waals surface area contributed by atoms with Crippen molar-refractivity contribution in [1.29, 1.82) is 0 Å². The quantitative estimate of drug-likeness (QED) is 0.394. The molecule has 4 rings (SSSR count). The van der Waals surface area contributed by atoms with Crippen molar-refractivity contribution in [1.82, 2.24) is 4.98 Å². The Morgan fingerprint density at radius 3 is 2.13 bits per heavy atom. The number of hydrogen-bond acceptors (Lipinski definition) is 1. The fraction of sp³-hybridized carbons (Fsp3) is 0.136. The molecular formula is C22H19N. The molecule has 3 aromatic carbocycles. The Labute approximate surface area is 136 Å². The zero-order chi connectivity index (χ0) is 16.0. The molecule has 0 spiro atoms. The maximum atomic E-state index is 4.69. The number of nitrogens with zero attached hydrogens (tertiary/aromatic N) is 1. The van der Waals surface area contributed by atoms with Crippen molar-refractivity contribution in [3.8, 4) is 11.3 Å². The summed E-state index contributed by atoms with van der Waals surface area (Å²) < 4.78 is 0. The van der Waals surface area contributed by atoms with Gasteiger partial charge in [0.15, 0.2) is 0 Å². The van der Waals surface area contributed by atoms with E-state index in [4.69, 9.17) is 0 Å². The van der Waals surface area contributed by atoms with Crippen LogP contribution in [0.3, 0.4) is 0 Å². The predicted octanol–water partition coefficient (Wildman–Crippen LogP) is 5.98. The zero-order valence-electron chi connectivity index (χ0n) is 13.7. The van der Waals surface area contributed by atoms with Gasteiger partial charge in [-0.3, -0.25) is 4.98 Å². The first-order chi connectivity index (χ1) is 11.1. The van der Waals surface area contributed by atoms with Crippen molar-refractivity contribution in [2.45, 2.75) is 20.8 Å². The van der Waals surface area contributed by atoms with Gasteiger partial charge < -0.3 is 0 Å². The molecule has 112 valence electrons. The second-order valence-electron chi connectivity index (χ2n) is 6.42. The highest BCUT2D eigenvalue weighted by molar-refractivity contribution is 6.11. The minimum Gasteiger partial charge on any atom is -0.256 e. The SMILES string of the molecule is Cc1cc(C)cc(-c2nccc3c2ccc2ccc(C)cc23)c1. The lowest BCUT2D eigenvalue weighted by atomic mass is 9.96. The van der Waals surface area contributed by atoms with E-state index >= 15 is 0 Å². The molecule has 0 unspecified atom stereocenters. The van der Waals surface area contributed by atoms with Gasteiger partial charge in [-0.15, -0.1) is 0 Å². The van der Waals surface area contributed by atoms with Gasteiger partial charge in [0.2, 0.25) is 0 Å². The maximum Gasteiger partial charge on any atom is 0.0780 e. The van der Waals surface area contributed by atoms with Crippen LogP contribution >= 0.6 is 0 Å². The van der Waals surface area contributed by atoms with Gasteiger partial charge in [0.1, 0.15) is 0 Å². The molecule has 1 aromatic heterocycles. The summed E-state index contributed by atoms with van der Waals surface area (Å²) >= 11 is 0. The van der Waals surface area contributed by atoms with Crippen LogP contribution in [-0.2, 0) is 0 Å². The van der Waals surface area contributed by atoms with E-state index in [9.17, 15) is 0 Å². The minimum absolute atomic E-state index is 1.07. The van der Waals surface area contributed by atoms with Crippen LogP contribution in [0, 0.1) is 20.8 Å².